The van der Waals surface area contributed by atoms with E-state index in [0.29, 0.717) is 11.8 Å². The van der Waals surface area contributed by atoms with Crippen molar-refractivity contribution in [2.24, 2.45) is 0 Å². The lowest BCUT2D eigenvalue weighted by Crippen LogP contribution is -2.10. The number of nitrogens with one attached hydrogen (secondary N) is 1. The molecule has 1 rings (SSSR count). The van der Waals surface area contributed by atoms with E-state index >= 15 is 0 Å². The molecule has 1 saturated heterocycles. The van der Waals surface area contributed by atoms with E-state index < -0.39 is 0 Å². The predicted molar refractivity (Wildman–Crippen MR) is 54.8 cm³/mol. The second-order valence-corrected chi connectivity index (χ2v) is 3.96. The number of hydrogen-bond donors (Lipinski definition) is 1. The molecular formula is C11H21NO. The highest BCUT2D eigenvalue weighted by atomic mass is 16.1. The van der Waals surface area contributed by atoms with Crippen molar-refractivity contribution in [3.8, 4) is 0 Å². The number of rotatable bonds is 7. The van der Waals surface area contributed by atoms with Gasteiger partial charge < -0.3 is 5.32 Å². The lowest BCUT2D eigenvalue weighted by atomic mass is 10.1. The zero-order chi connectivity index (χ0) is 9.68. The lowest BCUT2D eigenvalue weighted by Gasteiger charge is -1.96. The minimum absolute atomic E-state index is 0.219. The highest BCUT2D eigenvalue weighted by Crippen LogP contribution is 2.20. The van der Waals surface area contributed by atoms with Crippen molar-refractivity contribution in [3.63, 3.8) is 0 Å². The SMILES string of the molecule is CCCCCC1NC1C(=O)CCC. The highest BCUT2D eigenvalue weighted by Gasteiger charge is 2.40. The van der Waals surface area contributed by atoms with Crippen LogP contribution in [-0.2, 0) is 4.79 Å². The topological polar surface area (TPSA) is 39.0 Å². The summed E-state index contributed by atoms with van der Waals surface area (Å²) in [5, 5.41) is 3.26. The lowest BCUT2D eigenvalue weighted by molar-refractivity contribution is -0.118. The summed E-state index contributed by atoms with van der Waals surface area (Å²) in [6, 6.07) is 0.738. The van der Waals surface area contributed by atoms with Gasteiger partial charge in [0.2, 0.25) is 0 Å². The van der Waals surface area contributed by atoms with E-state index in [2.05, 4.69) is 19.2 Å². The first-order valence-corrected chi connectivity index (χ1v) is 5.58. The van der Waals surface area contributed by atoms with E-state index in [1.165, 1.54) is 25.7 Å². The number of hydrogen-bond acceptors (Lipinski definition) is 2. The van der Waals surface area contributed by atoms with Crippen molar-refractivity contribution in [2.45, 2.75) is 64.5 Å². The normalized spacial score (nSPS) is 26.0. The van der Waals surface area contributed by atoms with Gasteiger partial charge in [0.1, 0.15) is 0 Å². The Labute approximate surface area is 81.1 Å². The molecule has 0 radical (unpaired) electrons. The maximum atomic E-state index is 11.4. The first kappa shape index (κ1) is 10.7. The van der Waals surface area contributed by atoms with Crippen LogP contribution in [0.15, 0.2) is 0 Å². The van der Waals surface area contributed by atoms with Crippen molar-refractivity contribution in [3.05, 3.63) is 0 Å². The summed E-state index contributed by atoms with van der Waals surface area (Å²) in [5.41, 5.74) is 0. The van der Waals surface area contributed by atoms with E-state index in [1.807, 2.05) is 0 Å². The van der Waals surface area contributed by atoms with Crippen LogP contribution in [0, 0.1) is 0 Å². The smallest absolute Gasteiger partial charge is 0.151 e. The fraction of sp³-hybridized carbons (Fsp3) is 0.909. The van der Waals surface area contributed by atoms with Gasteiger partial charge in [0.05, 0.1) is 6.04 Å². The summed E-state index contributed by atoms with van der Waals surface area (Å²) in [7, 11) is 0. The van der Waals surface area contributed by atoms with Gasteiger partial charge in [-0.1, -0.05) is 33.1 Å². The number of unbranched alkanes of at least 4 members (excludes halogenated alkanes) is 2. The van der Waals surface area contributed by atoms with Crippen LogP contribution in [0.5, 0.6) is 0 Å². The van der Waals surface area contributed by atoms with Gasteiger partial charge in [0.15, 0.2) is 5.78 Å². The summed E-state index contributed by atoms with van der Waals surface area (Å²) in [4.78, 5) is 11.4. The van der Waals surface area contributed by atoms with Gasteiger partial charge in [-0.25, -0.2) is 0 Å². The summed E-state index contributed by atoms with van der Waals surface area (Å²) in [6.45, 7) is 4.27. The molecule has 1 aliphatic heterocycles. The molecule has 0 amide bonds. The average molecular weight is 183 g/mol. The molecule has 0 aromatic carbocycles. The van der Waals surface area contributed by atoms with Gasteiger partial charge in [0.25, 0.3) is 0 Å². The highest BCUT2D eigenvalue weighted by molar-refractivity contribution is 5.87. The largest absolute Gasteiger partial charge is 0.301 e. The van der Waals surface area contributed by atoms with E-state index in [4.69, 9.17) is 0 Å². The summed E-state index contributed by atoms with van der Waals surface area (Å²) >= 11 is 0. The zero-order valence-corrected chi connectivity index (χ0v) is 8.81. The second-order valence-electron chi connectivity index (χ2n) is 3.96. The first-order valence-electron chi connectivity index (χ1n) is 5.58. The van der Waals surface area contributed by atoms with Gasteiger partial charge in [-0.2, -0.15) is 0 Å². The van der Waals surface area contributed by atoms with Gasteiger partial charge in [0, 0.05) is 12.5 Å². The van der Waals surface area contributed by atoms with Crippen LogP contribution in [0.4, 0.5) is 0 Å². The molecule has 0 aliphatic carbocycles. The molecule has 0 saturated carbocycles. The van der Waals surface area contributed by atoms with Crippen molar-refractivity contribution in [1.29, 1.82) is 0 Å². The molecule has 0 spiro atoms. The zero-order valence-electron chi connectivity index (χ0n) is 8.81. The van der Waals surface area contributed by atoms with Crippen molar-refractivity contribution in [1.82, 2.24) is 5.32 Å². The second kappa shape index (κ2) is 5.38. The molecule has 2 unspecified atom stereocenters. The molecule has 1 fully saturated rings. The minimum atomic E-state index is 0.219. The average Bonchev–Trinajstić information content (AvgIpc) is 2.85. The predicted octanol–water partition coefficient (Wildman–Crippen LogP) is 2.28. The molecule has 0 aromatic rings. The molecule has 1 N–H and O–H groups in total. The van der Waals surface area contributed by atoms with Gasteiger partial charge in [-0.3, -0.25) is 4.79 Å². The standard InChI is InChI=1S/C11H21NO/c1-3-5-6-8-9-11(12-9)10(13)7-4-2/h9,11-12H,3-8H2,1-2H3. The van der Waals surface area contributed by atoms with Crippen LogP contribution in [0.1, 0.15) is 52.4 Å². The molecule has 1 heterocycles. The van der Waals surface area contributed by atoms with Gasteiger partial charge >= 0.3 is 0 Å². The Kier molecular flexibility index (Phi) is 4.43. The van der Waals surface area contributed by atoms with Crippen molar-refractivity contribution >= 4 is 5.78 Å². The Morgan fingerprint density at radius 2 is 2.00 bits per heavy atom. The third-order valence-electron chi connectivity index (χ3n) is 2.65. The van der Waals surface area contributed by atoms with E-state index in [9.17, 15) is 4.79 Å². The van der Waals surface area contributed by atoms with Crippen LogP contribution >= 0.6 is 0 Å². The van der Waals surface area contributed by atoms with E-state index in [1.54, 1.807) is 0 Å². The fourth-order valence-corrected chi connectivity index (χ4v) is 1.76. The van der Waals surface area contributed by atoms with Crippen molar-refractivity contribution < 1.29 is 4.79 Å². The summed E-state index contributed by atoms with van der Waals surface area (Å²) in [6.07, 6.45) is 6.76. The summed E-state index contributed by atoms with van der Waals surface area (Å²) in [5.74, 6) is 0.420. The first-order chi connectivity index (χ1) is 6.29. The van der Waals surface area contributed by atoms with Crippen LogP contribution in [0.25, 0.3) is 0 Å². The van der Waals surface area contributed by atoms with E-state index in [0.717, 1.165) is 12.8 Å². The van der Waals surface area contributed by atoms with Gasteiger partial charge in [-0.05, 0) is 12.8 Å². The third-order valence-corrected chi connectivity index (χ3v) is 2.65. The molecule has 2 nitrogen and oxygen atoms in total. The molecular weight excluding hydrogens is 162 g/mol. The Hall–Kier alpha value is -0.370. The monoisotopic (exact) mass is 183 g/mol. The number of ketones is 1. The van der Waals surface area contributed by atoms with E-state index in [-0.39, 0.29) is 6.04 Å². The molecule has 0 aromatic heterocycles. The number of carbonyl (C=O) groups excluding carboxylic acids is 1. The molecule has 0 bridgehead atoms. The van der Waals surface area contributed by atoms with Crippen LogP contribution in [-0.4, -0.2) is 17.9 Å². The Morgan fingerprint density at radius 1 is 1.23 bits per heavy atom. The van der Waals surface area contributed by atoms with Crippen molar-refractivity contribution in [2.75, 3.05) is 0 Å². The maximum Gasteiger partial charge on any atom is 0.151 e. The minimum Gasteiger partial charge on any atom is -0.301 e. The van der Waals surface area contributed by atoms with Crippen LogP contribution in [0.3, 0.4) is 0 Å². The molecule has 2 atom stereocenters. The Morgan fingerprint density at radius 3 is 2.62 bits per heavy atom. The molecule has 2 heteroatoms. The third kappa shape index (κ3) is 3.47. The Bertz CT molecular complexity index is 167. The quantitative estimate of drug-likeness (QED) is 0.486. The molecule has 76 valence electrons. The fourth-order valence-electron chi connectivity index (χ4n) is 1.76. The van der Waals surface area contributed by atoms with Gasteiger partial charge in [-0.15, -0.1) is 0 Å². The maximum absolute atomic E-state index is 11.4. The molecule has 13 heavy (non-hydrogen) atoms. The number of carbonyl (C=O) groups is 1. The van der Waals surface area contributed by atoms with Crippen LogP contribution in [0.2, 0.25) is 0 Å². The molecule has 1 aliphatic rings. The van der Waals surface area contributed by atoms with Crippen LogP contribution < -0.4 is 5.32 Å². The summed E-state index contributed by atoms with van der Waals surface area (Å²) < 4.78 is 0. The number of Topliss-reactive ketones (excluding diaryl/α,β-unsaturated/α-hetero) is 1. The Balaban J connectivity index is 2.04.